The minimum absolute atomic E-state index is 0.0515. The van der Waals surface area contributed by atoms with E-state index in [1.165, 1.54) is 36.3 Å². The van der Waals surface area contributed by atoms with Crippen molar-refractivity contribution < 1.29 is 14.7 Å². The van der Waals surface area contributed by atoms with Gasteiger partial charge < -0.3 is 21.5 Å². The van der Waals surface area contributed by atoms with Crippen LogP contribution in [0.25, 0.3) is 0 Å². The fourth-order valence-electron chi connectivity index (χ4n) is 1.68. The first-order chi connectivity index (χ1) is 10.0. The third kappa shape index (κ3) is 3.30. The minimum Gasteiger partial charge on any atom is -0.505 e. The van der Waals surface area contributed by atoms with E-state index in [1.54, 1.807) is 6.07 Å². The molecule has 21 heavy (non-hydrogen) atoms. The normalized spacial score (nSPS) is 10.1. The average molecular weight is 289 g/mol. The molecule has 2 aromatic rings. The molecular formula is C13H15N5O3. The molecule has 1 aromatic heterocycles. The third-order valence-electron chi connectivity index (χ3n) is 2.79. The Bertz CT molecular complexity index is 680. The van der Waals surface area contributed by atoms with E-state index in [2.05, 4.69) is 15.7 Å². The number of likely N-dealkylation sites (N-methyl/N-ethyl adjacent to an activating group) is 1. The van der Waals surface area contributed by atoms with Crippen LogP contribution in [0.3, 0.4) is 0 Å². The fraction of sp³-hybridized carbons (Fsp3) is 0.154. The second-order valence-corrected chi connectivity index (χ2v) is 4.30. The van der Waals surface area contributed by atoms with Crippen LogP contribution < -0.4 is 16.4 Å². The average Bonchev–Trinajstić information content (AvgIpc) is 2.88. The number of aromatic nitrogens is 2. The summed E-state index contributed by atoms with van der Waals surface area (Å²) in [6.07, 6.45) is 2.92. The number of carbonyl (C=O) groups excluding carboxylic acids is 2. The van der Waals surface area contributed by atoms with Crippen LogP contribution in [0.5, 0.6) is 5.75 Å². The number of nitrogens with two attached hydrogens (primary N) is 1. The van der Waals surface area contributed by atoms with Crippen molar-refractivity contribution in [3.8, 4) is 5.75 Å². The van der Waals surface area contributed by atoms with E-state index in [4.69, 9.17) is 5.73 Å². The van der Waals surface area contributed by atoms with Gasteiger partial charge in [0.05, 0.1) is 23.1 Å². The van der Waals surface area contributed by atoms with Gasteiger partial charge in [0.2, 0.25) is 5.91 Å². The molecule has 2 rings (SSSR count). The summed E-state index contributed by atoms with van der Waals surface area (Å²) in [7, 11) is 1.52. The molecular weight excluding hydrogens is 274 g/mol. The molecule has 5 N–H and O–H groups in total. The SMILES string of the molecule is CNC(=O)Cn1cc(NC(=O)c2cccc(N)c2O)cn1. The van der Waals surface area contributed by atoms with Crippen LogP contribution in [0.15, 0.2) is 30.6 Å². The molecule has 8 nitrogen and oxygen atoms in total. The number of phenolic OH excluding ortho intramolecular Hbond substituents is 1. The monoisotopic (exact) mass is 289 g/mol. The molecule has 0 bridgehead atoms. The van der Waals surface area contributed by atoms with Gasteiger partial charge in [-0.15, -0.1) is 0 Å². The summed E-state index contributed by atoms with van der Waals surface area (Å²) < 4.78 is 1.38. The Hall–Kier alpha value is -3.03. The van der Waals surface area contributed by atoms with Gasteiger partial charge in [-0.25, -0.2) is 0 Å². The largest absolute Gasteiger partial charge is 0.505 e. The number of hydrogen-bond donors (Lipinski definition) is 4. The highest BCUT2D eigenvalue weighted by Gasteiger charge is 2.14. The van der Waals surface area contributed by atoms with E-state index in [9.17, 15) is 14.7 Å². The van der Waals surface area contributed by atoms with Gasteiger partial charge in [0.1, 0.15) is 6.54 Å². The van der Waals surface area contributed by atoms with Crippen LogP contribution in [0.1, 0.15) is 10.4 Å². The first kappa shape index (κ1) is 14.4. The van der Waals surface area contributed by atoms with Gasteiger partial charge in [0.25, 0.3) is 5.91 Å². The van der Waals surface area contributed by atoms with Crippen molar-refractivity contribution in [1.82, 2.24) is 15.1 Å². The Morgan fingerprint density at radius 3 is 2.90 bits per heavy atom. The zero-order chi connectivity index (χ0) is 15.4. The molecule has 0 atom stereocenters. The topological polar surface area (TPSA) is 122 Å². The Balaban J connectivity index is 2.09. The second kappa shape index (κ2) is 5.95. The van der Waals surface area contributed by atoms with Gasteiger partial charge in [-0.1, -0.05) is 6.07 Å². The molecule has 0 aliphatic rings. The number of nitrogens with one attached hydrogen (secondary N) is 2. The molecule has 1 heterocycles. The van der Waals surface area contributed by atoms with Gasteiger partial charge >= 0.3 is 0 Å². The highest BCUT2D eigenvalue weighted by molar-refractivity contribution is 6.07. The highest BCUT2D eigenvalue weighted by Crippen LogP contribution is 2.25. The number of benzene rings is 1. The molecule has 0 aliphatic heterocycles. The lowest BCUT2D eigenvalue weighted by atomic mass is 10.1. The Kier molecular flexibility index (Phi) is 4.07. The molecule has 2 amide bonds. The maximum absolute atomic E-state index is 12.0. The van der Waals surface area contributed by atoms with Gasteiger partial charge in [0.15, 0.2) is 5.75 Å². The molecule has 110 valence electrons. The van der Waals surface area contributed by atoms with Crippen LogP contribution in [0.2, 0.25) is 0 Å². The van der Waals surface area contributed by atoms with Crippen LogP contribution in [0.4, 0.5) is 11.4 Å². The van der Waals surface area contributed by atoms with E-state index in [-0.39, 0.29) is 29.5 Å². The number of carbonyl (C=O) groups is 2. The smallest absolute Gasteiger partial charge is 0.259 e. The van der Waals surface area contributed by atoms with Crippen molar-refractivity contribution in [2.75, 3.05) is 18.1 Å². The number of anilines is 2. The number of phenols is 1. The number of amides is 2. The Labute approximate surface area is 120 Å². The maximum atomic E-state index is 12.0. The van der Waals surface area contributed by atoms with Gasteiger partial charge in [-0.2, -0.15) is 5.10 Å². The first-order valence-electron chi connectivity index (χ1n) is 6.13. The van der Waals surface area contributed by atoms with Crippen molar-refractivity contribution in [1.29, 1.82) is 0 Å². The number of para-hydroxylation sites is 1. The van der Waals surface area contributed by atoms with Gasteiger partial charge in [0, 0.05) is 13.2 Å². The van der Waals surface area contributed by atoms with Gasteiger partial charge in [-0.3, -0.25) is 14.3 Å². The number of hydrogen-bond acceptors (Lipinski definition) is 5. The first-order valence-corrected chi connectivity index (χ1v) is 6.13. The number of nitrogen functional groups attached to an aromatic ring is 1. The molecule has 8 heteroatoms. The predicted molar refractivity (Wildman–Crippen MR) is 76.8 cm³/mol. The summed E-state index contributed by atoms with van der Waals surface area (Å²) in [5, 5.41) is 18.7. The number of aromatic hydroxyl groups is 1. The van der Waals surface area contributed by atoms with E-state index in [0.29, 0.717) is 5.69 Å². The van der Waals surface area contributed by atoms with Crippen LogP contribution in [-0.2, 0) is 11.3 Å². The van der Waals surface area contributed by atoms with Crippen molar-refractivity contribution >= 4 is 23.2 Å². The summed E-state index contributed by atoms with van der Waals surface area (Å²) >= 11 is 0. The summed E-state index contributed by atoms with van der Waals surface area (Å²) in [6, 6.07) is 4.52. The highest BCUT2D eigenvalue weighted by atomic mass is 16.3. The van der Waals surface area contributed by atoms with E-state index in [0.717, 1.165) is 0 Å². The number of nitrogens with zero attached hydrogens (tertiary/aromatic N) is 2. The zero-order valence-corrected chi connectivity index (χ0v) is 11.3. The Morgan fingerprint density at radius 1 is 1.43 bits per heavy atom. The molecule has 0 radical (unpaired) electrons. The van der Waals surface area contributed by atoms with Crippen LogP contribution in [0, 0.1) is 0 Å². The summed E-state index contributed by atoms with van der Waals surface area (Å²) in [5.74, 6) is -0.989. The van der Waals surface area contributed by atoms with Crippen molar-refractivity contribution in [3.63, 3.8) is 0 Å². The lowest BCUT2D eigenvalue weighted by Gasteiger charge is -2.06. The second-order valence-electron chi connectivity index (χ2n) is 4.30. The van der Waals surface area contributed by atoms with Crippen molar-refractivity contribution in [3.05, 3.63) is 36.2 Å². The lowest BCUT2D eigenvalue weighted by molar-refractivity contribution is -0.121. The van der Waals surface area contributed by atoms with Crippen LogP contribution in [-0.4, -0.2) is 33.7 Å². The molecule has 0 spiro atoms. The summed E-state index contributed by atoms with van der Waals surface area (Å²) in [5.41, 5.74) is 6.13. The molecule has 0 unspecified atom stereocenters. The van der Waals surface area contributed by atoms with Crippen LogP contribution >= 0.6 is 0 Å². The lowest BCUT2D eigenvalue weighted by Crippen LogP contribution is -2.23. The molecule has 0 saturated heterocycles. The zero-order valence-electron chi connectivity index (χ0n) is 11.3. The molecule has 0 fully saturated rings. The van der Waals surface area contributed by atoms with Crippen molar-refractivity contribution in [2.45, 2.75) is 6.54 Å². The standard InChI is InChI=1S/C13H15N5O3/c1-15-11(19)7-18-6-8(5-16-18)17-13(21)9-3-2-4-10(14)12(9)20/h2-6,20H,7,14H2,1H3,(H,15,19)(H,17,21). The fourth-order valence-corrected chi connectivity index (χ4v) is 1.68. The van der Waals surface area contributed by atoms with E-state index in [1.807, 2.05) is 0 Å². The predicted octanol–water partition coefficient (Wildman–Crippen LogP) is 0.169. The number of rotatable bonds is 4. The van der Waals surface area contributed by atoms with Gasteiger partial charge in [-0.05, 0) is 12.1 Å². The van der Waals surface area contributed by atoms with E-state index >= 15 is 0 Å². The molecule has 1 aromatic carbocycles. The maximum Gasteiger partial charge on any atom is 0.259 e. The van der Waals surface area contributed by atoms with Crippen molar-refractivity contribution in [2.24, 2.45) is 0 Å². The van der Waals surface area contributed by atoms with E-state index < -0.39 is 5.91 Å². The molecule has 0 saturated carbocycles. The summed E-state index contributed by atoms with van der Waals surface area (Å²) in [6.45, 7) is 0.0515. The minimum atomic E-state index is -0.515. The quantitative estimate of drug-likeness (QED) is 0.472. The summed E-state index contributed by atoms with van der Waals surface area (Å²) in [4.78, 5) is 23.2. The Morgan fingerprint density at radius 2 is 2.19 bits per heavy atom. The molecule has 0 aliphatic carbocycles. The third-order valence-corrected chi connectivity index (χ3v) is 2.79.